The summed E-state index contributed by atoms with van der Waals surface area (Å²) in [5, 5.41) is 0. The summed E-state index contributed by atoms with van der Waals surface area (Å²) in [6, 6.07) is 6.24. The van der Waals surface area contributed by atoms with Crippen LogP contribution in [0.5, 0.6) is 0 Å². The molecule has 1 aliphatic rings. The van der Waals surface area contributed by atoms with Gasteiger partial charge in [0.2, 0.25) is 0 Å². The second-order valence-electron chi connectivity index (χ2n) is 4.48. The maximum absolute atomic E-state index is 4.50. The van der Waals surface area contributed by atoms with Crippen molar-refractivity contribution in [2.75, 3.05) is 0 Å². The van der Waals surface area contributed by atoms with Crippen molar-refractivity contribution in [3.8, 4) is 0 Å². The van der Waals surface area contributed by atoms with Gasteiger partial charge in [0.25, 0.3) is 0 Å². The highest BCUT2D eigenvalue weighted by atomic mass is 14.8. The van der Waals surface area contributed by atoms with E-state index in [0.717, 1.165) is 22.6 Å². The number of aryl methyl sites for hydroxylation is 1. The van der Waals surface area contributed by atoms with Gasteiger partial charge in [0.05, 0.1) is 11.0 Å². The molecule has 1 saturated carbocycles. The van der Waals surface area contributed by atoms with Gasteiger partial charge in [-0.15, -0.1) is 0 Å². The number of fused-ring (bicyclic) bond motifs is 1. The largest absolute Gasteiger partial charge is 0.254 e. The summed E-state index contributed by atoms with van der Waals surface area (Å²) in [5.41, 5.74) is 4.43. The third-order valence-electron chi connectivity index (χ3n) is 2.95. The molecule has 2 heterocycles. The predicted molar refractivity (Wildman–Crippen MR) is 60.7 cm³/mol. The standard InChI is InChI=1S/C13H14N2/c1-9-2-5-12-13(15-9)7-11(8-14-12)6-10-3-4-10/h2,5,7-8,10H,3-4,6H2,1H3. The van der Waals surface area contributed by atoms with E-state index < -0.39 is 0 Å². The first-order valence-corrected chi connectivity index (χ1v) is 5.53. The molecule has 0 amide bonds. The maximum atomic E-state index is 4.50. The van der Waals surface area contributed by atoms with Crippen LogP contribution < -0.4 is 0 Å². The Hall–Kier alpha value is -1.44. The average molecular weight is 198 g/mol. The molecule has 1 aliphatic carbocycles. The van der Waals surface area contributed by atoms with Crippen molar-refractivity contribution in [3.05, 3.63) is 35.7 Å². The fourth-order valence-electron chi connectivity index (χ4n) is 1.92. The Bertz CT molecular complexity index is 501. The summed E-state index contributed by atoms with van der Waals surface area (Å²) in [6.45, 7) is 2.02. The SMILES string of the molecule is Cc1ccc2ncc(CC3CC3)cc2n1. The molecule has 0 aromatic carbocycles. The summed E-state index contributed by atoms with van der Waals surface area (Å²) in [4.78, 5) is 8.94. The first-order chi connectivity index (χ1) is 7.31. The van der Waals surface area contributed by atoms with Gasteiger partial charge in [-0.3, -0.25) is 9.97 Å². The molecule has 0 N–H and O–H groups in total. The maximum Gasteiger partial charge on any atom is 0.0892 e. The summed E-state index contributed by atoms with van der Waals surface area (Å²) >= 11 is 0. The van der Waals surface area contributed by atoms with Crippen molar-refractivity contribution >= 4 is 11.0 Å². The van der Waals surface area contributed by atoms with E-state index in [4.69, 9.17) is 0 Å². The Morgan fingerprint density at radius 3 is 2.93 bits per heavy atom. The van der Waals surface area contributed by atoms with Crippen LogP contribution in [0.3, 0.4) is 0 Å². The van der Waals surface area contributed by atoms with Gasteiger partial charge in [-0.2, -0.15) is 0 Å². The van der Waals surface area contributed by atoms with Gasteiger partial charge in [0.1, 0.15) is 0 Å². The molecule has 1 fully saturated rings. The van der Waals surface area contributed by atoms with E-state index in [1.165, 1.54) is 24.8 Å². The molecule has 0 atom stereocenters. The Balaban J connectivity index is 2.03. The molecule has 2 heteroatoms. The minimum atomic E-state index is 0.911. The first-order valence-electron chi connectivity index (χ1n) is 5.53. The van der Waals surface area contributed by atoms with Gasteiger partial charge < -0.3 is 0 Å². The van der Waals surface area contributed by atoms with E-state index in [-0.39, 0.29) is 0 Å². The molecule has 2 aromatic rings. The number of rotatable bonds is 2. The lowest BCUT2D eigenvalue weighted by Gasteiger charge is -2.02. The van der Waals surface area contributed by atoms with E-state index in [1.807, 2.05) is 25.3 Å². The van der Waals surface area contributed by atoms with Gasteiger partial charge in [0.15, 0.2) is 0 Å². The van der Waals surface area contributed by atoms with Crippen LogP contribution in [0.2, 0.25) is 0 Å². The van der Waals surface area contributed by atoms with Crippen LogP contribution in [-0.2, 0) is 6.42 Å². The van der Waals surface area contributed by atoms with E-state index in [2.05, 4.69) is 16.0 Å². The van der Waals surface area contributed by atoms with Gasteiger partial charge in [0, 0.05) is 11.9 Å². The predicted octanol–water partition coefficient (Wildman–Crippen LogP) is 2.89. The molecule has 76 valence electrons. The van der Waals surface area contributed by atoms with Gasteiger partial charge in [-0.25, -0.2) is 0 Å². The minimum absolute atomic E-state index is 0.911. The van der Waals surface area contributed by atoms with Crippen molar-refractivity contribution in [2.24, 2.45) is 5.92 Å². The third kappa shape index (κ3) is 1.84. The molecule has 3 rings (SSSR count). The van der Waals surface area contributed by atoms with Gasteiger partial charge in [-0.05, 0) is 55.9 Å². The van der Waals surface area contributed by atoms with Crippen LogP contribution in [0.4, 0.5) is 0 Å². The Morgan fingerprint density at radius 2 is 2.13 bits per heavy atom. The number of aromatic nitrogens is 2. The lowest BCUT2D eigenvalue weighted by molar-refractivity contribution is 0.829. The van der Waals surface area contributed by atoms with Crippen LogP contribution in [-0.4, -0.2) is 9.97 Å². The highest BCUT2D eigenvalue weighted by molar-refractivity contribution is 5.74. The number of nitrogens with zero attached hydrogens (tertiary/aromatic N) is 2. The highest BCUT2D eigenvalue weighted by Crippen LogP contribution is 2.32. The van der Waals surface area contributed by atoms with Crippen molar-refractivity contribution < 1.29 is 0 Å². The zero-order chi connectivity index (χ0) is 10.3. The van der Waals surface area contributed by atoms with Crippen LogP contribution in [0.15, 0.2) is 24.4 Å². The van der Waals surface area contributed by atoms with E-state index >= 15 is 0 Å². The fourth-order valence-corrected chi connectivity index (χ4v) is 1.92. The van der Waals surface area contributed by atoms with Crippen molar-refractivity contribution in [1.29, 1.82) is 0 Å². The molecule has 0 unspecified atom stereocenters. The molecule has 0 spiro atoms. The second-order valence-corrected chi connectivity index (χ2v) is 4.48. The molecule has 0 saturated heterocycles. The molecule has 2 nitrogen and oxygen atoms in total. The minimum Gasteiger partial charge on any atom is -0.254 e. The lowest BCUT2D eigenvalue weighted by Crippen LogP contribution is -1.91. The van der Waals surface area contributed by atoms with Crippen molar-refractivity contribution in [1.82, 2.24) is 9.97 Å². The summed E-state index contributed by atoms with van der Waals surface area (Å²) in [6.07, 6.45) is 5.95. The van der Waals surface area contributed by atoms with Crippen molar-refractivity contribution in [3.63, 3.8) is 0 Å². The van der Waals surface area contributed by atoms with Crippen molar-refractivity contribution in [2.45, 2.75) is 26.2 Å². The molecule has 0 aliphatic heterocycles. The van der Waals surface area contributed by atoms with Crippen LogP contribution in [0, 0.1) is 12.8 Å². The van der Waals surface area contributed by atoms with E-state index in [9.17, 15) is 0 Å². The molecular formula is C13H14N2. The number of pyridine rings is 2. The monoisotopic (exact) mass is 198 g/mol. The summed E-state index contributed by atoms with van der Waals surface area (Å²) in [7, 11) is 0. The molecule has 15 heavy (non-hydrogen) atoms. The van der Waals surface area contributed by atoms with Gasteiger partial charge in [-0.1, -0.05) is 0 Å². The Labute approximate surface area is 89.4 Å². The summed E-state index contributed by atoms with van der Waals surface area (Å²) in [5.74, 6) is 0.911. The smallest absolute Gasteiger partial charge is 0.0892 e. The normalized spacial score (nSPS) is 15.8. The third-order valence-corrected chi connectivity index (χ3v) is 2.95. The van der Waals surface area contributed by atoms with Gasteiger partial charge >= 0.3 is 0 Å². The quantitative estimate of drug-likeness (QED) is 0.741. The zero-order valence-corrected chi connectivity index (χ0v) is 8.90. The van der Waals surface area contributed by atoms with Crippen LogP contribution in [0.1, 0.15) is 24.1 Å². The molecule has 0 bridgehead atoms. The topological polar surface area (TPSA) is 25.8 Å². The molecule has 0 radical (unpaired) electrons. The Morgan fingerprint density at radius 1 is 1.27 bits per heavy atom. The second kappa shape index (κ2) is 3.30. The van der Waals surface area contributed by atoms with Crippen LogP contribution >= 0.6 is 0 Å². The number of hydrogen-bond donors (Lipinski definition) is 0. The number of hydrogen-bond acceptors (Lipinski definition) is 2. The zero-order valence-electron chi connectivity index (χ0n) is 8.90. The summed E-state index contributed by atoms with van der Waals surface area (Å²) < 4.78 is 0. The Kier molecular flexibility index (Phi) is 1.94. The lowest BCUT2D eigenvalue weighted by atomic mass is 10.1. The van der Waals surface area contributed by atoms with E-state index in [1.54, 1.807) is 0 Å². The fraction of sp³-hybridized carbons (Fsp3) is 0.385. The molecular weight excluding hydrogens is 184 g/mol. The first kappa shape index (κ1) is 8.84. The average Bonchev–Trinajstić information content (AvgIpc) is 3.01. The highest BCUT2D eigenvalue weighted by Gasteiger charge is 2.21. The van der Waals surface area contributed by atoms with Crippen LogP contribution in [0.25, 0.3) is 11.0 Å². The molecule has 2 aromatic heterocycles. The van der Waals surface area contributed by atoms with E-state index in [0.29, 0.717) is 0 Å².